The Kier molecular flexibility index (Phi) is 1.42. The van der Waals surface area contributed by atoms with E-state index in [1.54, 1.807) is 0 Å². The Bertz CT molecular complexity index is 183. The Morgan fingerprint density at radius 2 is 1.91 bits per heavy atom. The third-order valence-electron chi connectivity index (χ3n) is 3.07. The number of fused-ring (bicyclic) bond motifs is 1. The molecule has 62 valence electrons. The van der Waals surface area contributed by atoms with Gasteiger partial charge < -0.3 is 10.8 Å². The second-order valence-electron chi connectivity index (χ2n) is 3.85. The molecule has 3 heteroatoms. The lowest BCUT2D eigenvalue weighted by Crippen LogP contribution is -2.37. The molecule has 3 unspecified atom stereocenters. The van der Waals surface area contributed by atoms with Crippen LogP contribution in [0.4, 0.5) is 0 Å². The van der Waals surface area contributed by atoms with Crippen LogP contribution in [-0.2, 0) is 4.79 Å². The summed E-state index contributed by atoms with van der Waals surface area (Å²) in [6.45, 7) is 0. The normalized spacial score (nSPS) is 43.2. The Morgan fingerprint density at radius 3 is 2.36 bits per heavy atom. The summed E-state index contributed by atoms with van der Waals surface area (Å²) in [4.78, 5) is 10.5. The van der Waals surface area contributed by atoms with Crippen molar-refractivity contribution in [3.05, 3.63) is 0 Å². The van der Waals surface area contributed by atoms with E-state index in [-0.39, 0.29) is 5.92 Å². The first-order valence-corrected chi connectivity index (χ1v) is 4.17. The third kappa shape index (κ3) is 1.13. The van der Waals surface area contributed by atoms with Crippen LogP contribution in [0.2, 0.25) is 0 Å². The largest absolute Gasteiger partial charge is 0.480 e. The number of hydrogen-bond donors (Lipinski definition) is 2. The lowest BCUT2D eigenvalue weighted by Gasteiger charge is -2.15. The molecule has 0 saturated heterocycles. The van der Waals surface area contributed by atoms with Crippen molar-refractivity contribution in [2.75, 3.05) is 0 Å². The smallest absolute Gasteiger partial charge is 0.320 e. The fraction of sp³-hybridized carbons (Fsp3) is 0.875. The van der Waals surface area contributed by atoms with Gasteiger partial charge in [0.15, 0.2) is 0 Å². The van der Waals surface area contributed by atoms with Gasteiger partial charge in [-0.05, 0) is 37.0 Å². The maximum atomic E-state index is 10.5. The molecule has 0 aliphatic heterocycles. The fourth-order valence-electron chi connectivity index (χ4n) is 2.26. The van der Waals surface area contributed by atoms with E-state index in [2.05, 4.69) is 0 Å². The summed E-state index contributed by atoms with van der Waals surface area (Å²) < 4.78 is 0. The predicted octanol–water partition coefficient (Wildman–Crippen LogP) is 0.444. The van der Waals surface area contributed by atoms with E-state index in [4.69, 9.17) is 10.8 Å². The van der Waals surface area contributed by atoms with Gasteiger partial charge in [-0.2, -0.15) is 0 Å². The number of rotatable bonds is 2. The lowest BCUT2D eigenvalue weighted by atomic mass is 9.95. The van der Waals surface area contributed by atoms with Crippen molar-refractivity contribution in [2.45, 2.75) is 25.3 Å². The molecule has 11 heavy (non-hydrogen) atoms. The van der Waals surface area contributed by atoms with Gasteiger partial charge >= 0.3 is 5.97 Å². The molecule has 3 atom stereocenters. The SMILES string of the molecule is NC(C(=O)O)C1CC2CC2C1. The minimum atomic E-state index is -0.837. The molecular weight excluding hydrogens is 142 g/mol. The van der Waals surface area contributed by atoms with Crippen LogP contribution in [0.3, 0.4) is 0 Å². The number of hydrogen-bond acceptors (Lipinski definition) is 2. The van der Waals surface area contributed by atoms with Gasteiger partial charge in [0, 0.05) is 0 Å². The monoisotopic (exact) mass is 155 g/mol. The first-order chi connectivity index (χ1) is 5.18. The van der Waals surface area contributed by atoms with Crippen molar-refractivity contribution in [2.24, 2.45) is 23.5 Å². The van der Waals surface area contributed by atoms with Gasteiger partial charge in [-0.25, -0.2) is 0 Å². The second kappa shape index (κ2) is 2.21. The van der Waals surface area contributed by atoms with Crippen molar-refractivity contribution in [1.29, 1.82) is 0 Å². The zero-order valence-electron chi connectivity index (χ0n) is 6.36. The van der Waals surface area contributed by atoms with E-state index in [1.807, 2.05) is 0 Å². The first-order valence-electron chi connectivity index (χ1n) is 4.17. The van der Waals surface area contributed by atoms with Crippen molar-refractivity contribution in [3.8, 4) is 0 Å². The molecule has 2 aliphatic carbocycles. The standard InChI is InChI=1S/C8H13NO2/c9-7(8(10)11)6-2-4-1-5(4)3-6/h4-7H,1-3,9H2,(H,10,11). The van der Waals surface area contributed by atoms with Crippen LogP contribution in [0.1, 0.15) is 19.3 Å². The zero-order valence-corrected chi connectivity index (χ0v) is 6.36. The topological polar surface area (TPSA) is 63.3 Å². The maximum absolute atomic E-state index is 10.5. The molecule has 0 heterocycles. The predicted molar refractivity (Wildman–Crippen MR) is 39.9 cm³/mol. The number of carbonyl (C=O) groups is 1. The highest BCUT2D eigenvalue weighted by molar-refractivity contribution is 5.73. The molecule has 0 aromatic carbocycles. The molecular formula is C8H13NO2. The maximum Gasteiger partial charge on any atom is 0.320 e. The van der Waals surface area contributed by atoms with Crippen LogP contribution < -0.4 is 5.73 Å². The van der Waals surface area contributed by atoms with Crippen LogP contribution in [0.25, 0.3) is 0 Å². The van der Waals surface area contributed by atoms with Gasteiger partial charge in [0.05, 0.1) is 0 Å². The van der Waals surface area contributed by atoms with E-state index >= 15 is 0 Å². The minimum absolute atomic E-state index is 0.260. The van der Waals surface area contributed by atoms with Gasteiger partial charge in [0.25, 0.3) is 0 Å². The van der Waals surface area contributed by atoms with Crippen LogP contribution in [0, 0.1) is 17.8 Å². The quantitative estimate of drug-likeness (QED) is 0.608. The Morgan fingerprint density at radius 1 is 1.36 bits per heavy atom. The Labute approximate surface area is 65.6 Å². The van der Waals surface area contributed by atoms with Crippen molar-refractivity contribution >= 4 is 5.97 Å². The van der Waals surface area contributed by atoms with Crippen LogP contribution in [0.15, 0.2) is 0 Å². The van der Waals surface area contributed by atoms with E-state index in [1.165, 1.54) is 6.42 Å². The molecule has 0 bridgehead atoms. The van der Waals surface area contributed by atoms with E-state index in [9.17, 15) is 4.79 Å². The molecule has 0 aromatic heterocycles. The minimum Gasteiger partial charge on any atom is -0.480 e. The molecule has 2 saturated carbocycles. The number of carboxylic acids is 1. The highest BCUT2D eigenvalue weighted by Crippen LogP contribution is 2.54. The third-order valence-corrected chi connectivity index (χ3v) is 3.07. The van der Waals surface area contributed by atoms with Gasteiger partial charge in [-0.15, -0.1) is 0 Å². The summed E-state index contributed by atoms with van der Waals surface area (Å²) in [6, 6.07) is -0.609. The van der Waals surface area contributed by atoms with Crippen molar-refractivity contribution in [1.82, 2.24) is 0 Å². The summed E-state index contributed by atoms with van der Waals surface area (Å²) in [5.41, 5.74) is 5.50. The average Bonchev–Trinajstić information content (AvgIpc) is 2.57. The molecule has 0 spiro atoms. The lowest BCUT2D eigenvalue weighted by molar-refractivity contribution is -0.139. The highest BCUT2D eigenvalue weighted by Gasteiger charge is 2.48. The summed E-state index contributed by atoms with van der Waals surface area (Å²) in [5.74, 6) is 1.07. The summed E-state index contributed by atoms with van der Waals surface area (Å²) in [6.07, 6.45) is 3.43. The molecule has 3 nitrogen and oxygen atoms in total. The summed E-state index contributed by atoms with van der Waals surface area (Å²) in [5, 5.41) is 8.62. The van der Waals surface area contributed by atoms with Crippen LogP contribution in [-0.4, -0.2) is 17.1 Å². The van der Waals surface area contributed by atoms with Crippen molar-refractivity contribution in [3.63, 3.8) is 0 Å². The van der Waals surface area contributed by atoms with E-state index in [0.717, 1.165) is 24.7 Å². The highest BCUT2D eigenvalue weighted by atomic mass is 16.4. The number of carboxylic acid groups (broad SMARTS) is 1. The molecule has 0 amide bonds. The first kappa shape index (κ1) is 7.10. The van der Waals surface area contributed by atoms with Gasteiger partial charge in [0.2, 0.25) is 0 Å². The second-order valence-corrected chi connectivity index (χ2v) is 3.85. The van der Waals surface area contributed by atoms with Gasteiger partial charge in [-0.1, -0.05) is 0 Å². The molecule has 3 N–H and O–H groups in total. The Hall–Kier alpha value is -0.570. The van der Waals surface area contributed by atoms with Crippen LogP contribution in [0.5, 0.6) is 0 Å². The van der Waals surface area contributed by atoms with E-state index in [0.29, 0.717) is 0 Å². The number of aliphatic carboxylic acids is 1. The van der Waals surface area contributed by atoms with Gasteiger partial charge in [0.1, 0.15) is 6.04 Å². The zero-order chi connectivity index (χ0) is 8.01. The Balaban J connectivity index is 1.91. The molecule has 2 aliphatic rings. The summed E-state index contributed by atoms with van der Waals surface area (Å²) in [7, 11) is 0. The number of nitrogens with two attached hydrogens (primary N) is 1. The fourth-order valence-corrected chi connectivity index (χ4v) is 2.26. The van der Waals surface area contributed by atoms with Gasteiger partial charge in [-0.3, -0.25) is 4.79 Å². The molecule has 2 rings (SSSR count). The van der Waals surface area contributed by atoms with Crippen molar-refractivity contribution < 1.29 is 9.90 Å². The molecule has 0 radical (unpaired) electrons. The van der Waals surface area contributed by atoms with E-state index < -0.39 is 12.0 Å². The molecule has 0 aromatic rings. The average molecular weight is 155 g/mol. The summed E-state index contributed by atoms with van der Waals surface area (Å²) >= 11 is 0. The van der Waals surface area contributed by atoms with Crippen LogP contribution >= 0.6 is 0 Å². The molecule has 2 fully saturated rings.